The van der Waals surface area contributed by atoms with E-state index in [1.807, 2.05) is 12.1 Å². The second-order valence-corrected chi connectivity index (χ2v) is 10.5. The molecule has 1 aromatic carbocycles. The molecule has 0 aromatic heterocycles. The van der Waals surface area contributed by atoms with Gasteiger partial charge in [-0.3, -0.25) is 0 Å². The molecule has 1 rings (SSSR count). The van der Waals surface area contributed by atoms with Crippen molar-refractivity contribution >= 4 is 5.97 Å². The van der Waals surface area contributed by atoms with Crippen molar-refractivity contribution in [3.8, 4) is 5.75 Å². The van der Waals surface area contributed by atoms with Gasteiger partial charge in [0, 0.05) is 0 Å². The summed E-state index contributed by atoms with van der Waals surface area (Å²) in [6, 6.07) is 8.42. The van der Waals surface area contributed by atoms with Gasteiger partial charge in [-0.25, -0.2) is 4.79 Å². The first-order chi connectivity index (χ1) is 23.3. The zero-order valence-corrected chi connectivity index (χ0v) is 29.1. The summed E-state index contributed by atoms with van der Waals surface area (Å²) in [5, 5.41) is 0. The average molecular weight is 675 g/mol. The largest absolute Gasteiger partial charge is 0.491 e. The fourth-order valence-corrected chi connectivity index (χ4v) is 4.05. The molecule has 0 atom stereocenters. The van der Waals surface area contributed by atoms with E-state index >= 15 is 0 Å². The van der Waals surface area contributed by atoms with Gasteiger partial charge < -0.3 is 52.1 Å². The zero-order chi connectivity index (χ0) is 33.7. The third kappa shape index (κ3) is 31.2. The Morgan fingerprint density at radius 3 is 1.23 bits per heavy atom. The van der Waals surface area contributed by atoms with Crippen LogP contribution in [0.5, 0.6) is 5.75 Å². The normalized spacial score (nSPS) is 11.3. The molecular formula is C35H62O12. The molecule has 0 radical (unpaired) electrons. The van der Waals surface area contributed by atoms with Crippen molar-refractivity contribution in [2.24, 2.45) is 0 Å². The molecule has 0 saturated carbocycles. The standard InChI is InChI=1S/C35H62O12/c1-3-4-5-6-7-8-9-33-10-12-34(13-11-33)47-31-30-45-27-26-43-23-22-41-19-18-39-15-14-38-16-17-40-20-21-42-24-25-44-28-29-46-32-35(36)37-2/h10-13H,3-9,14-32H2,1-2H3. The maximum absolute atomic E-state index is 10.9. The molecule has 0 N–H and O–H groups in total. The number of unbranched alkanes of at least 4 members (excludes halogenated alkanes) is 5. The number of aryl methyl sites for hydroxylation is 1. The fraction of sp³-hybridized carbons (Fsp3) is 0.800. The third-order valence-electron chi connectivity index (χ3n) is 6.66. The fourth-order valence-electron chi connectivity index (χ4n) is 4.05. The summed E-state index contributed by atoms with van der Waals surface area (Å²) >= 11 is 0. The van der Waals surface area contributed by atoms with Gasteiger partial charge in [0.25, 0.3) is 0 Å². The maximum Gasteiger partial charge on any atom is 0.331 e. The van der Waals surface area contributed by atoms with E-state index < -0.39 is 5.97 Å². The second-order valence-electron chi connectivity index (χ2n) is 10.5. The number of carbonyl (C=O) groups is 1. The Labute approximate surface area is 282 Å². The number of hydrogen-bond acceptors (Lipinski definition) is 12. The molecule has 12 heteroatoms. The minimum Gasteiger partial charge on any atom is -0.491 e. The Balaban J connectivity index is 1.70. The quantitative estimate of drug-likeness (QED) is 0.0740. The third-order valence-corrected chi connectivity index (χ3v) is 6.66. The first-order valence-corrected chi connectivity index (χ1v) is 17.2. The van der Waals surface area contributed by atoms with Gasteiger partial charge in [0.15, 0.2) is 0 Å². The van der Waals surface area contributed by atoms with Crippen LogP contribution in [0.4, 0.5) is 0 Å². The van der Waals surface area contributed by atoms with Gasteiger partial charge in [-0.2, -0.15) is 0 Å². The van der Waals surface area contributed by atoms with Crippen LogP contribution < -0.4 is 4.74 Å². The molecule has 12 nitrogen and oxygen atoms in total. The Hall–Kier alpha value is -1.87. The van der Waals surface area contributed by atoms with Crippen molar-refractivity contribution < 1.29 is 56.9 Å². The van der Waals surface area contributed by atoms with Gasteiger partial charge >= 0.3 is 5.97 Å². The van der Waals surface area contributed by atoms with E-state index in [0.717, 1.165) is 12.2 Å². The molecule has 0 heterocycles. The molecule has 0 saturated heterocycles. The van der Waals surface area contributed by atoms with Crippen LogP contribution in [-0.4, -0.2) is 139 Å². The van der Waals surface area contributed by atoms with E-state index in [1.165, 1.54) is 51.2 Å². The number of hydrogen-bond donors (Lipinski definition) is 0. The highest BCUT2D eigenvalue weighted by Crippen LogP contribution is 2.15. The first kappa shape index (κ1) is 43.2. The first-order valence-electron chi connectivity index (χ1n) is 17.2. The molecule has 0 unspecified atom stereocenters. The van der Waals surface area contributed by atoms with Crippen LogP contribution in [0.15, 0.2) is 24.3 Å². The highest BCUT2D eigenvalue weighted by atomic mass is 16.6. The van der Waals surface area contributed by atoms with Crippen LogP contribution >= 0.6 is 0 Å². The Bertz CT molecular complexity index is 780. The molecular weight excluding hydrogens is 612 g/mol. The van der Waals surface area contributed by atoms with Crippen molar-refractivity contribution in [2.45, 2.75) is 51.9 Å². The van der Waals surface area contributed by atoms with Gasteiger partial charge in [-0.15, -0.1) is 0 Å². The average Bonchev–Trinajstić information content (AvgIpc) is 3.09. The lowest BCUT2D eigenvalue weighted by Gasteiger charge is -2.09. The van der Waals surface area contributed by atoms with Crippen molar-refractivity contribution in [3.05, 3.63) is 29.8 Å². The van der Waals surface area contributed by atoms with E-state index in [2.05, 4.69) is 23.8 Å². The topological polar surface area (TPSA) is 119 Å². The minimum absolute atomic E-state index is 0.0679. The molecule has 0 fully saturated rings. The van der Waals surface area contributed by atoms with Gasteiger partial charge in [0.05, 0.1) is 119 Å². The molecule has 0 bridgehead atoms. The van der Waals surface area contributed by atoms with E-state index in [-0.39, 0.29) is 6.61 Å². The number of esters is 1. The van der Waals surface area contributed by atoms with Crippen LogP contribution in [0.3, 0.4) is 0 Å². The molecule has 0 amide bonds. The molecule has 0 aliphatic heterocycles. The lowest BCUT2D eigenvalue weighted by molar-refractivity contribution is -0.146. The smallest absolute Gasteiger partial charge is 0.331 e. The predicted octanol–water partition coefficient (Wildman–Crippen LogP) is 4.29. The molecule has 274 valence electrons. The number of carbonyl (C=O) groups excluding carboxylic acids is 1. The molecule has 47 heavy (non-hydrogen) atoms. The number of methoxy groups -OCH3 is 1. The zero-order valence-electron chi connectivity index (χ0n) is 29.1. The summed E-state index contributed by atoms with van der Waals surface area (Å²) in [7, 11) is 1.32. The minimum atomic E-state index is -0.405. The molecule has 1 aromatic rings. The van der Waals surface area contributed by atoms with Crippen molar-refractivity contribution in [2.75, 3.05) is 133 Å². The van der Waals surface area contributed by atoms with E-state index in [1.54, 1.807) is 0 Å². The van der Waals surface area contributed by atoms with Crippen LogP contribution in [0.2, 0.25) is 0 Å². The van der Waals surface area contributed by atoms with E-state index in [0.29, 0.717) is 119 Å². The highest BCUT2D eigenvalue weighted by molar-refractivity contribution is 5.70. The molecule has 0 aliphatic rings. The summed E-state index contributed by atoms with van der Waals surface area (Å²) in [5.74, 6) is 0.477. The van der Waals surface area contributed by atoms with Gasteiger partial charge in [0.2, 0.25) is 0 Å². The summed E-state index contributed by atoms with van der Waals surface area (Å²) in [6.45, 7) is 10.9. The second kappa shape index (κ2) is 35.4. The molecule has 0 spiro atoms. The van der Waals surface area contributed by atoms with Crippen LogP contribution in [-0.2, 0) is 58.6 Å². The number of benzene rings is 1. The lowest BCUT2D eigenvalue weighted by atomic mass is 10.0. The monoisotopic (exact) mass is 674 g/mol. The van der Waals surface area contributed by atoms with Crippen molar-refractivity contribution in [3.63, 3.8) is 0 Å². The van der Waals surface area contributed by atoms with Crippen LogP contribution in [0.1, 0.15) is 51.0 Å². The van der Waals surface area contributed by atoms with E-state index in [4.69, 9.17) is 47.4 Å². The summed E-state index contributed by atoms with van der Waals surface area (Å²) < 4.78 is 59.1. The number of ether oxygens (including phenoxy) is 11. The Kier molecular flexibility index (Phi) is 32.5. The van der Waals surface area contributed by atoms with Crippen molar-refractivity contribution in [1.82, 2.24) is 0 Å². The van der Waals surface area contributed by atoms with Crippen LogP contribution in [0, 0.1) is 0 Å². The number of rotatable bonds is 37. The Morgan fingerprint density at radius 1 is 0.468 bits per heavy atom. The summed E-state index contributed by atoms with van der Waals surface area (Å²) in [6.07, 6.45) is 9.07. The summed E-state index contributed by atoms with van der Waals surface area (Å²) in [4.78, 5) is 10.9. The van der Waals surface area contributed by atoms with Crippen LogP contribution in [0.25, 0.3) is 0 Å². The summed E-state index contributed by atoms with van der Waals surface area (Å²) in [5.41, 5.74) is 1.37. The van der Waals surface area contributed by atoms with Gasteiger partial charge in [-0.05, 0) is 30.5 Å². The van der Waals surface area contributed by atoms with E-state index in [9.17, 15) is 4.79 Å². The predicted molar refractivity (Wildman–Crippen MR) is 178 cm³/mol. The molecule has 0 aliphatic carbocycles. The lowest BCUT2D eigenvalue weighted by Crippen LogP contribution is -2.16. The maximum atomic E-state index is 10.9. The van der Waals surface area contributed by atoms with Gasteiger partial charge in [-0.1, -0.05) is 51.2 Å². The SMILES string of the molecule is CCCCCCCCc1ccc(OCCOCCOCCOCCOCCOCCOCCOCCOCCOCC(=O)OC)cc1. The van der Waals surface area contributed by atoms with Gasteiger partial charge in [0.1, 0.15) is 19.0 Å². The Morgan fingerprint density at radius 2 is 0.830 bits per heavy atom. The highest BCUT2D eigenvalue weighted by Gasteiger charge is 2.00. The van der Waals surface area contributed by atoms with Crippen molar-refractivity contribution in [1.29, 1.82) is 0 Å².